The van der Waals surface area contributed by atoms with E-state index in [0.717, 1.165) is 12.5 Å². The van der Waals surface area contributed by atoms with Crippen molar-refractivity contribution in [3.8, 4) is 0 Å². The first-order chi connectivity index (χ1) is 5.65. The van der Waals surface area contributed by atoms with E-state index in [1.54, 1.807) is 0 Å². The summed E-state index contributed by atoms with van der Waals surface area (Å²) in [4.78, 5) is 0. The molecule has 0 atom stereocenters. The molecule has 0 aromatic carbocycles. The normalized spacial score (nSPS) is 6.50. The van der Waals surface area contributed by atoms with Crippen LogP contribution in [0.4, 0.5) is 0 Å². The van der Waals surface area contributed by atoms with Crippen LogP contribution in [0.15, 0.2) is 0 Å². The highest BCUT2D eigenvalue weighted by molar-refractivity contribution is 4.20. The van der Waals surface area contributed by atoms with Gasteiger partial charge in [-0.25, -0.2) is 0 Å². The first kappa shape index (κ1) is 22.7. The SMILES string of the molecule is CC.CC.CC(C)C.CCNC. The van der Waals surface area contributed by atoms with Crippen LogP contribution in [0.2, 0.25) is 0 Å². The molecule has 0 unspecified atom stereocenters. The van der Waals surface area contributed by atoms with Crippen molar-refractivity contribution in [1.29, 1.82) is 0 Å². The molecule has 0 amide bonds. The van der Waals surface area contributed by atoms with Crippen molar-refractivity contribution < 1.29 is 0 Å². The topological polar surface area (TPSA) is 12.0 Å². The quantitative estimate of drug-likeness (QED) is 0.639. The van der Waals surface area contributed by atoms with Crippen molar-refractivity contribution in [3.63, 3.8) is 0 Å². The van der Waals surface area contributed by atoms with Crippen molar-refractivity contribution in [2.45, 2.75) is 55.4 Å². The molecule has 0 aliphatic rings. The molecule has 0 saturated carbocycles. The molecule has 1 nitrogen and oxygen atoms in total. The van der Waals surface area contributed by atoms with Crippen LogP contribution >= 0.6 is 0 Å². The fraction of sp³-hybridized carbons (Fsp3) is 1.00. The Labute approximate surface area is 81.0 Å². The maximum absolute atomic E-state index is 2.93. The van der Waals surface area contributed by atoms with Crippen LogP contribution in [0.1, 0.15) is 55.4 Å². The van der Waals surface area contributed by atoms with Crippen molar-refractivity contribution in [2.75, 3.05) is 13.6 Å². The minimum absolute atomic E-state index is 0.833. The summed E-state index contributed by atoms with van der Waals surface area (Å²) in [6.07, 6.45) is 0. The number of hydrogen-bond donors (Lipinski definition) is 1. The molecular formula is C11H31N. The summed E-state index contributed by atoms with van der Waals surface area (Å²) in [6.45, 7) is 17.6. The molecule has 0 aromatic rings. The Balaban J connectivity index is -0.0000000380. The molecule has 0 spiro atoms. The van der Waals surface area contributed by atoms with Crippen LogP contribution in [-0.2, 0) is 0 Å². The Morgan fingerprint density at radius 3 is 1.00 bits per heavy atom. The molecule has 12 heavy (non-hydrogen) atoms. The van der Waals surface area contributed by atoms with Gasteiger partial charge in [0.2, 0.25) is 0 Å². The summed E-state index contributed by atoms with van der Waals surface area (Å²) in [5, 5.41) is 2.93. The lowest BCUT2D eigenvalue weighted by molar-refractivity contribution is 0.737. The highest BCUT2D eigenvalue weighted by Crippen LogP contribution is 1.81. The Hall–Kier alpha value is -0.0400. The molecule has 80 valence electrons. The number of hydrogen-bond acceptors (Lipinski definition) is 1. The van der Waals surface area contributed by atoms with Crippen molar-refractivity contribution in [1.82, 2.24) is 5.32 Å². The van der Waals surface area contributed by atoms with E-state index < -0.39 is 0 Å². The highest BCUT2D eigenvalue weighted by Gasteiger charge is 1.68. The van der Waals surface area contributed by atoms with Crippen LogP contribution in [0, 0.1) is 5.92 Å². The van der Waals surface area contributed by atoms with E-state index in [1.165, 1.54) is 0 Å². The fourth-order valence-electron chi connectivity index (χ4n) is 0. The Morgan fingerprint density at radius 2 is 1.00 bits per heavy atom. The summed E-state index contributed by atoms with van der Waals surface area (Å²) in [5.74, 6) is 0.833. The van der Waals surface area contributed by atoms with E-state index >= 15 is 0 Å². The summed E-state index contributed by atoms with van der Waals surface area (Å²) < 4.78 is 0. The minimum atomic E-state index is 0.833. The third-order valence-electron chi connectivity index (χ3n) is 0.354. The van der Waals surface area contributed by atoms with Crippen molar-refractivity contribution in [2.24, 2.45) is 5.92 Å². The van der Waals surface area contributed by atoms with Crippen LogP contribution in [0.25, 0.3) is 0 Å². The maximum Gasteiger partial charge on any atom is -0.00804 e. The zero-order valence-electron chi connectivity index (χ0n) is 10.8. The first-order valence-corrected chi connectivity index (χ1v) is 5.29. The van der Waals surface area contributed by atoms with Gasteiger partial charge in [0.25, 0.3) is 0 Å². The summed E-state index contributed by atoms with van der Waals surface area (Å²) >= 11 is 0. The second-order valence-electron chi connectivity index (χ2n) is 2.44. The zero-order chi connectivity index (χ0) is 11.0. The smallest absolute Gasteiger partial charge is 0.00804 e. The predicted octanol–water partition coefficient (Wildman–Crippen LogP) is 3.94. The molecule has 0 aliphatic carbocycles. The first-order valence-electron chi connectivity index (χ1n) is 5.29. The van der Waals surface area contributed by atoms with Gasteiger partial charge in [0, 0.05) is 0 Å². The van der Waals surface area contributed by atoms with Crippen molar-refractivity contribution >= 4 is 0 Å². The van der Waals surface area contributed by atoms with Gasteiger partial charge in [-0.1, -0.05) is 55.4 Å². The lowest BCUT2D eigenvalue weighted by Crippen LogP contribution is -2.01. The lowest BCUT2D eigenvalue weighted by atomic mass is 10.3. The monoisotopic (exact) mass is 177 g/mol. The third kappa shape index (κ3) is 868. The van der Waals surface area contributed by atoms with E-state index in [2.05, 4.69) is 33.0 Å². The van der Waals surface area contributed by atoms with Crippen LogP contribution in [-0.4, -0.2) is 13.6 Å². The van der Waals surface area contributed by atoms with E-state index in [0.29, 0.717) is 0 Å². The zero-order valence-corrected chi connectivity index (χ0v) is 10.8. The molecule has 0 heterocycles. The standard InChI is InChI=1S/C4H10.C3H9N.2C2H6/c1-4(2)3;1-3-4-2;2*1-2/h4H,1-3H3;4H,3H2,1-2H3;2*1-2H3. The number of rotatable bonds is 1. The average Bonchev–Trinajstić information content (AvgIpc) is 2.10. The highest BCUT2D eigenvalue weighted by atomic mass is 14.8. The Kier molecular flexibility index (Phi) is 83.5. The van der Waals surface area contributed by atoms with Crippen molar-refractivity contribution in [3.05, 3.63) is 0 Å². The Morgan fingerprint density at radius 1 is 0.917 bits per heavy atom. The minimum Gasteiger partial charge on any atom is -0.320 e. The molecule has 1 heteroatoms. The summed E-state index contributed by atoms with van der Waals surface area (Å²) in [7, 11) is 1.93. The van der Waals surface area contributed by atoms with Crippen LogP contribution in [0.3, 0.4) is 0 Å². The van der Waals surface area contributed by atoms with E-state index in [9.17, 15) is 0 Å². The second kappa shape index (κ2) is 44.2. The van der Waals surface area contributed by atoms with Gasteiger partial charge in [0.1, 0.15) is 0 Å². The van der Waals surface area contributed by atoms with Gasteiger partial charge in [-0.2, -0.15) is 0 Å². The van der Waals surface area contributed by atoms with E-state index in [1.807, 2.05) is 34.7 Å². The molecule has 0 rings (SSSR count). The fourth-order valence-corrected chi connectivity index (χ4v) is 0. The third-order valence-corrected chi connectivity index (χ3v) is 0.354. The molecular weight excluding hydrogens is 146 g/mol. The van der Waals surface area contributed by atoms with E-state index in [4.69, 9.17) is 0 Å². The van der Waals surface area contributed by atoms with Gasteiger partial charge in [-0.05, 0) is 19.5 Å². The van der Waals surface area contributed by atoms with Crippen LogP contribution in [0.5, 0.6) is 0 Å². The predicted molar refractivity (Wildman–Crippen MR) is 62.8 cm³/mol. The molecule has 0 bridgehead atoms. The largest absolute Gasteiger partial charge is 0.320 e. The van der Waals surface area contributed by atoms with Gasteiger partial charge in [0.05, 0.1) is 0 Å². The van der Waals surface area contributed by atoms with Gasteiger partial charge < -0.3 is 5.32 Å². The van der Waals surface area contributed by atoms with Gasteiger partial charge in [-0.3, -0.25) is 0 Å². The van der Waals surface area contributed by atoms with Crippen LogP contribution < -0.4 is 5.32 Å². The Bertz CT molecular complexity index is 21.4. The van der Waals surface area contributed by atoms with Gasteiger partial charge in [0.15, 0.2) is 0 Å². The summed E-state index contributed by atoms with van der Waals surface area (Å²) in [6, 6.07) is 0. The second-order valence-corrected chi connectivity index (χ2v) is 2.44. The molecule has 0 aliphatic heterocycles. The number of nitrogens with one attached hydrogen (secondary N) is 1. The summed E-state index contributed by atoms with van der Waals surface area (Å²) in [5.41, 5.74) is 0. The molecule has 0 fully saturated rings. The van der Waals surface area contributed by atoms with E-state index in [-0.39, 0.29) is 0 Å². The molecule has 0 aromatic heterocycles. The lowest BCUT2D eigenvalue weighted by Gasteiger charge is -1.79. The molecule has 1 N–H and O–H groups in total. The molecule has 0 radical (unpaired) electrons. The average molecular weight is 177 g/mol. The van der Waals surface area contributed by atoms with Gasteiger partial charge in [-0.15, -0.1) is 0 Å². The molecule has 0 saturated heterocycles. The van der Waals surface area contributed by atoms with Gasteiger partial charge >= 0.3 is 0 Å². The maximum atomic E-state index is 2.93.